The van der Waals surface area contributed by atoms with E-state index in [0.29, 0.717) is 0 Å². The van der Waals surface area contributed by atoms with Gasteiger partial charge < -0.3 is 4.57 Å². The largest absolute Gasteiger partial charge is 0.309 e. The Labute approximate surface area is 186 Å². The highest BCUT2D eigenvalue weighted by molar-refractivity contribution is 6.32. The molecule has 2 nitrogen and oxygen atoms in total. The Morgan fingerprint density at radius 3 is 2.41 bits per heavy atom. The van der Waals surface area contributed by atoms with Gasteiger partial charge in [-0.25, -0.2) is 0 Å². The maximum Gasteiger partial charge on any atom is 0.0712 e. The highest BCUT2D eigenvalue weighted by Gasteiger charge is 2.29. The number of aliphatic imine (C=N–C) groups is 1. The summed E-state index contributed by atoms with van der Waals surface area (Å²) in [6.07, 6.45) is 6.64. The monoisotopic (exact) mass is 408 g/mol. The van der Waals surface area contributed by atoms with Crippen molar-refractivity contribution in [2.24, 2.45) is 4.99 Å². The molecule has 5 aromatic rings. The molecule has 0 saturated carbocycles. The van der Waals surface area contributed by atoms with E-state index in [9.17, 15) is 0 Å². The molecule has 1 atom stereocenters. The summed E-state index contributed by atoms with van der Waals surface area (Å²) in [5, 5.41) is 2.56. The molecule has 0 N–H and O–H groups in total. The second kappa shape index (κ2) is 6.66. The Balaban J connectivity index is 1.43. The smallest absolute Gasteiger partial charge is 0.0712 e. The van der Waals surface area contributed by atoms with Gasteiger partial charge in [0.25, 0.3) is 0 Å². The molecule has 1 aliphatic carbocycles. The summed E-state index contributed by atoms with van der Waals surface area (Å²) < 4.78 is 2.36. The number of allylic oxidation sites excluding steroid dienone is 4. The van der Waals surface area contributed by atoms with Gasteiger partial charge in [-0.2, -0.15) is 0 Å². The Hall–Kier alpha value is -4.17. The first-order valence-corrected chi connectivity index (χ1v) is 11.0. The van der Waals surface area contributed by atoms with Gasteiger partial charge in [-0.15, -0.1) is 0 Å². The molecule has 2 aliphatic rings. The molecule has 0 saturated heterocycles. The Bertz CT molecular complexity index is 1610. The van der Waals surface area contributed by atoms with Gasteiger partial charge in [0.1, 0.15) is 0 Å². The molecule has 32 heavy (non-hydrogen) atoms. The first-order valence-electron chi connectivity index (χ1n) is 11.0. The van der Waals surface area contributed by atoms with E-state index in [4.69, 9.17) is 4.99 Å². The molecule has 4 aromatic carbocycles. The maximum atomic E-state index is 5.02. The van der Waals surface area contributed by atoms with E-state index < -0.39 is 0 Å². The van der Waals surface area contributed by atoms with Gasteiger partial charge in [0.05, 0.1) is 22.4 Å². The number of hydrogen-bond donors (Lipinski definition) is 0. The third-order valence-corrected chi connectivity index (χ3v) is 6.64. The molecule has 0 fully saturated rings. The zero-order valence-corrected chi connectivity index (χ0v) is 17.4. The Morgan fingerprint density at radius 1 is 0.688 bits per heavy atom. The Morgan fingerprint density at radius 2 is 1.47 bits per heavy atom. The average molecular weight is 409 g/mol. The van der Waals surface area contributed by atoms with Gasteiger partial charge in [-0.05, 0) is 42.0 Å². The van der Waals surface area contributed by atoms with Gasteiger partial charge in [0, 0.05) is 33.5 Å². The predicted octanol–water partition coefficient (Wildman–Crippen LogP) is 7.61. The second-order valence-corrected chi connectivity index (χ2v) is 8.42. The molecule has 150 valence electrons. The van der Waals surface area contributed by atoms with Gasteiger partial charge >= 0.3 is 0 Å². The minimum Gasteiger partial charge on any atom is -0.309 e. The summed E-state index contributed by atoms with van der Waals surface area (Å²) >= 11 is 0. The van der Waals surface area contributed by atoms with Gasteiger partial charge in [-0.3, -0.25) is 4.99 Å². The van der Waals surface area contributed by atoms with Gasteiger partial charge in [0.2, 0.25) is 0 Å². The Kier molecular flexibility index (Phi) is 3.65. The van der Waals surface area contributed by atoms with E-state index in [2.05, 4.69) is 120 Å². The third kappa shape index (κ3) is 2.44. The van der Waals surface area contributed by atoms with Crippen molar-refractivity contribution in [3.8, 4) is 5.69 Å². The van der Waals surface area contributed by atoms with Crippen LogP contribution < -0.4 is 0 Å². The lowest BCUT2D eigenvalue weighted by Crippen LogP contribution is -2.12. The van der Waals surface area contributed by atoms with Crippen LogP contribution in [0.5, 0.6) is 0 Å². The minimum absolute atomic E-state index is 0.158. The fourth-order valence-electron chi connectivity index (χ4n) is 5.20. The number of aromatic nitrogens is 1. The second-order valence-electron chi connectivity index (χ2n) is 8.42. The number of benzene rings is 4. The molecule has 0 amide bonds. The lowest BCUT2D eigenvalue weighted by atomic mass is 9.84. The van der Waals surface area contributed by atoms with Crippen LogP contribution in [0, 0.1) is 0 Å². The van der Waals surface area contributed by atoms with Gasteiger partial charge in [0.15, 0.2) is 0 Å². The molecular formula is C30H20N2. The maximum absolute atomic E-state index is 5.02. The van der Waals surface area contributed by atoms with Crippen LogP contribution >= 0.6 is 0 Å². The van der Waals surface area contributed by atoms with Crippen LogP contribution in [-0.2, 0) is 0 Å². The quantitative estimate of drug-likeness (QED) is 0.286. The SMILES string of the molecule is C1=CC(c2ccc3c(c2)c2ccccc2n3-c2ccccc2)C2=Nc3ccccc3C2=C1. The summed E-state index contributed by atoms with van der Waals surface area (Å²) in [4.78, 5) is 5.02. The number of hydrogen-bond acceptors (Lipinski definition) is 1. The standard InChI is InChI=1S/C30H20N2/c1-2-9-21(10-3-1)32-28-16-7-5-12-24(28)26-19-20(17-18-29(26)32)22-13-8-14-25-23-11-4-6-15-27(23)31-30(22)25/h1-19,22H. The van der Waals surface area contributed by atoms with Crippen LogP contribution in [-0.4, -0.2) is 10.3 Å². The highest BCUT2D eigenvalue weighted by Crippen LogP contribution is 2.43. The molecule has 1 aliphatic heterocycles. The van der Waals surface area contributed by atoms with Crippen molar-refractivity contribution in [2.75, 3.05) is 0 Å². The van der Waals surface area contributed by atoms with Crippen LogP contribution in [0.3, 0.4) is 0 Å². The van der Waals surface area contributed by atoms with Gasteiger partial charge in [-0.1, -0.05) is 78.9 Å². The zero-order valence-electron chi connectivity index (χ0n) is 17.4. The minimum atomic E-state index is 0.158. The molecular weight excluding hydrogens is 388 g/mol. The summed E-state index contributed by atoms with van der Waals surface area (Å²) in [5.74, 6) is 0.158. The molecule has 1 unspecified atom stereocenters. The first kappa shape index (κ1) is 17.5. The van der Waals surface area contributed by atoms with Crippen molar-refractivity contribution >= 4 is 38.8 Å². The normalized spacial score (nSPS) is 16.7. The average Bonchev–Trinajstić information content (AvgIpc) is 3.40. The summed E-state index contributed by atoms with van der Waals surface area (Å²) in [5.41, 5.74) is 9.64. The molecule has 0 bridgehead atoms. The van der Waals surface area contributed by atoms with Crippen molar-refractivity contribution in [2.45, 2.75) is 5.92 Å². The first-order chi connectivity index (χ1) is 15.9. The van der Waals surface area contributed by atoms with Crippen LogP contribution in [0.25, 0.3) is 33.1 Å². The number of rotatable bonds is 2. The van der Waals surface area contributed by atoms with Crippen LogP contribution in [0.4, 0.5) is 5.69 Å². The van der Waals surface area contributed by atoms with Crippen LogP contribution in [0.15, 0.2) is 120 Å². The van der Waals surface area contributed by atoms with Crippen molar-refractivity contribution < 1.29 is 0 Å². The van der Waals surface area contributed by atoms with E-state index in [1.165, 1.54) is 44.2 Å². The molecule has 1 aromatic heterocycles. The van der Waals surface area contributed by atoms with Crippen LogP contribution in [0.2, 0.25) is 0 Å². The predicted molar refractivity (Wildman–Crippen MR) is 134 cm³/mol. The van der Waals surface area contributed by atoms with Crippen molar-refractivity contribution in [3.63, 3.8) is 0 Å². The van der Waals surface area contributed by atoms with Crippen molar-refractivity contribution in [1.82, 2.24) is 4.57 Å². The third-order valence-electron chi connectivity index (χ3n) is 6.64. The van der Waals surface area contributed by atoms with E-state index >= 15 is 0 Å². The van der Waals surface area contributed by atoms with Crippen molar-refractivity contribution in [1.29, 1.82) is 0 Å². The van der Waals surface area contributed by atoms with Crippen LogP contribution in [0.1, 0.15) is 17.0 Å². The summed E-state index contributed by atoms with van der Waals surface area (Å²) in [7, 11) is 0. The fraction of sp³-hybridized carbons (Fsp3) is 0.0333. The van der Waals surface area contributed by atoms with E-state index in [1.54, 1.807) is 0 Å². The zero-order chi connectivity index (χ0) is 21.1. The summed E-state index contributed by atoms with van der Waals surface area (Å²) in [6, 6.07) is 34.6. The molecule has 0 radical (unpaired) electrons. The van der Waals surface area contributed by atoms with E-state index in [0.717, 1.165) is 11.4 Å². The summed E-state index contributed by atoms with van der Waals surface area (Å²) in [6.45, 7) is 0. The molecule has 7 rings (SSSR count). The van der Waals surface area contributed by atoms with Crippen molar-refractivity contribution in [3.05, 3.63) is 126 Å². The molecule has 2 heteroatoms. The number of fused-ring (bicyclic) bond motifs is 6. The fourth-order valence-corrected chi connectivity index (χ4v) is 5.20. The number of para-hydroxylation sites is 3. The highest BCUT2D eigenvalue weighted by atomic mass is 15.0. The van der Waals surface area contributed by atoms with E-state index in [-0.39, 0.29) is 5.92 Å². The van der Waals surface area contributed by atoms with E-state index in [1.807, 2.05) is 0 Å². The lowest BCUT2D eigenvalue weighted by molar-refractivity contribution is 1.14. The molecule has 0 spiro atoms. The molecule has 2 heterocycles. The topological polar surface area (TPSA) is 17.3 Å². The number of nitrogens with zero attached hydrogens (tertiary/aromatic N) is 2. The lowest BCUT2D eigenvalue weighted by Gasteiger charge is -2.19.